The van der Waals surface area contributed by atoms with E-state index in [9.17, 15) is 9.59 Å². The molecule has 1 aliphatic carbocycles. The normalized spacial score (nSPS) is 16.6. The van der Waals surface area contributed by atoms with Crippen LogP contribution >= 0.6 is 0 Å². The number of nitrogens with one attached hydrogen (secondary N) is 1. The number of ether oxygens (including phenoxy) is 1. The molecule has 1 saturated carbocycles. The van der Waals surface area contributed by atoms with Gasteiger partial charge in [-0.3, -0.25) is 9.36 Å². The fourth-order valence-electron chi connectivity index (χ4n) is 2.95. The summed E-state index contributed by atoms with van der Waals surface area (Å²) in [7, 11) is 0. The molecule has 0 radical (unpaired) electrons. The molecule has 0 aromatic carbocycles. The first-order valence-electron chi connectivity index (χ1n) is 7.99. The largest absolute Gasteiger partial charge is 0.444 e. The average Bonchev–Trinajstić information content (AvgIpc) is 3.12. The molecule has 23 heavy (non-hydrogen) atoms. The zero-order valence-electron chi connectivity index (χ0n) is 14.0. The predicted molar refractivity (Wildman–Crippen MR) is 88.1 cm³/mol. The van der Waals surface area contributed by atoms with E-state index in [0.717, 1.165) is 25.7 Å². The van der Waals surface area contributed by atoms with Gasteiger partial charge in [-0.1, -0.05) is 18.8 Å². The Labute approximate surface area is 137 Å². The summed E-state index contributed by atoms with van der Waals surface area (Å²) in [5.74, 6) is 2.40. The third-order valence-corrected chi connectivity index (χ3v) is 3.94. The highest BCUT2D eigenvalue weighted by Crippen LogP contribution is 2.29. The molecule has 2 rings (SSSR count). The number of nitrogens with zero attached hydrogens (tertiary/aromatic N) is 1. The lowest BCUT2D eigenvalue weighted by molar-refractivity contribution is 0.0458. The Kier molecular flexibility index (Phi) is 5.15. The van der Waals surface area contributed by atoms with Crippen molar-refractivity contribution in [3.63, 3.8) is 0 Å². The van der Waals surface area contributed by atoms with E-state index in [1.54, 1.807) is 39.1 Å². The zero-order chi connectivity index (χ0) is 17.0. The Bertz CT molecular complexity index is 613. The van der Waals surface area contributed by atoms with Gasteiger partial charge in [-0.25, -0.2) is 4.79 Å². The lowest BCUT2D eigenvalue weighted by atomic mass is 9.97. The first-order chi connectivity index (χ1) is 10.8. The van der Waals surface area contributed by atoms with Gasteiger partial charge in [-0.05, 0) is 51.7 Å². The van der Waals surface area contributed by atoms with E-state index < -0.39 is 17.7 Å². The molecule has 1 atom stereocenters. The van der Waals surface area contributed by atoms with Crippen LogP contribution in [0.4, 0.5) is 4.79 Å². The SMILES string of the molecule is C#Cc1cccn1C(=O)[C@@H](NC(=O)OC(C)(C)C)C1CCCC1. The Morgan fingerprint density at radius 2 is 2.04 bits per heavy atom. The maximum Gasteiger partial charge on any atom is 0.408 e. The quantitative estimate of drug-likeness (QED) is 0.871. The molecule has 1 aromatic rings. The molecule has 1 aliphatic rings. The molecular weight excluding hydrogens is 292 g/mol. The number of alkyl carbamates (subject to hydrolysis) is 1. The van der Waals surface area contributed by atoms with Crippen molar-refractivity contribution in [2.24, 2.45) is 5.92 Å². The Hall–Kier alpha value is -2.22. The second kappa shape index (κ2) is 6.91. The van der Waals surface area contributed by atoms with E-state index in [-0.39, 0.29) is 11.8 Å². The van der Waals surface area contributed by atoms with Gasteiger partial charge in [-0.2, -0.15) is 0 Å². The summed E-state index contributed by atoms with van der Waals surface area (Å²) >= 11 is 0. The summed E-state index contributed by atoms with van der Waals surface area (Å²) in [5, 5.41) is 2.75. The van der Waals surface area contributed by atoms with Crippen molar-refractivity contribution in [2.75, 3.05) is 0 Å². The smallest absolute Gasteiger partial charge is 0.408 e. The molecule has 0 saturated heterocycles. The molecule has 0 aliphatic heterocycles. The van der Waals surface area contributed by atoms with Crippen molar-refractivity contribution in [2.45, 2.75) is 58.1 Å². The van der Waals surface area contributed by atoms with Crippen LogP contribution in [0.15, 0.2) is 18.3 Å². The van der Waals surface area contributed by atoms with Crippen LogP contribution < -0.4 is 5.32 Å². The van der Waals surface area contributed by atoms with E-state index in [2.05, 4.69) is 11.2 Å². The maximum absolute atomic E-state index is 12.9. The fraction of sp³-hybridized carbons (Fsp3) is 0.556. The third-order valence-electron chi connectivity index (χ3n) is 3.94. The summed E-state index contributed by atoms with van der Waals surface area (Å²) < 4.78 is 6.73. The predicted octanol–water partition coefficient (Wildman–Crippen LogP) is 3.19. The van der Waals surface area contributed by atoms with Gasteiger partial charge >= 0.3 is 6.09 Å². The first kappa shape index (κ1) is 17.1. The highest BCUT2D eigenvalue weighted by Gasteiger charge is 2.34. The monoisotopic (exact) mass is 316 g/mol. The molecule has 0 bridgehead atoms. The standard InChI is InChI=1S/C18H24N2O3/c1-5-14-11-8-12-20(14)16(21)15(13-9-6-7-10-13)19-17(22)23-18(2,3)4/h1,8,11-13,15H,6-7,9-10H2,2-4H3,(H,19,22)/t15-/m0/s1. The van der Waals surface area contributed by atoms with Gasteiger partial charge in [0.25, 0.3) is 5.91 Å². The van der Waals surface area contributed by atoms with Gasteiger partial charge in [0, 0.05) is 6.20 Å². The number of rotatable bonds is 3. The third kappa shape index (κ3) is 4.38. The zero-order valence-corrected chi connectivity index (χ0v) is 14.0. The maximum atomic E-state index is 12.9. The molecule has 124 valence electrons. The number of aromatic nitrogens is 1. The molecule has 5 nitrogen and oxygen atoms in total. The van der Waals surface area contributed by atoms with Crippen LogP contribution in [-0.4, -0.2) is 28.2 Å². The molecule has 0 unspecified atom stereocenters. The van der Waals surface area contributed by atoms with Gasteiger partial charge < -0.3 is 10.1 Å². The number of carbonyl (C=O) groups is 2. The van der Waals surface area contributed by atoms with E-state index >= 15 is 0 Å². The molecule has 1 heterocycles. The molecule has 1 N–H and O–H groups in total. The van der Waals surface area contributed by atoms with Crippen molar-refractivity contribution in [3.8, 4) is 12.3 Å². The molecular formula is C18H24N2O3. The summed E-state index contributed by atoms with van der Waals surface area (Å²) in [6.07, 6.45) is 10.5. The van der Waals surface area contributed by atoms with E-state index in [0.29, 0.717) is 5.69 Å². The van der Waals surface area contributed by atoms with Crippen LogP contribution in [0.3, 0.4) is 0 Å². The van der Waals surface area contributed by atoms with Crippen molar-refractivity contribution >= 4 is 12.0 Å². The van der Waals surface area contributed by atoms with E-state index in [4.69, 9.17) is 11.2 Å². The second-order valence-corrected chi connectivity index (χ2v) is 6.91. The molecule has 1 amide bonds. The van der Waals surface area contributed by atoms with Crippen LogP contribution in [-0.2, 0) is 4.74 Å². The summed E-state index contributed by atoms with van der Waals surface area (Å²) in [4.78, 5) is 25.0. The molecule has 0 spiro atoms. The lowest BCUT2D eigenvalue weighted by Crippen LogP contribution is -2.49. The molecule has 1 fully saturated rings. The van der Waals surface area contributed by atoms with Gasteiger partial charge in [0.1, 0.15) is 11.6 Å². The van der Waals surface area contributed by atoms with Crippen molar-refractivity contribution in [3.05, 3.63) is 24.0 Å². The van der Waals surface area contributed by atoms with Crippen LogP contribution in [0.5, 0.6) is 0 Å². The molecule has 5 heteroatoms. The first-order valence-corrected chi connectivity index (χ1v) is 7.99. The van der Waals surface area contributed by atoms with Gasteiger partial charge in [0.15, 0.2) is 0 Å². The van der Waals surface area contributed by atoms with Crippen molar-refractivity contribution in [1.29, 1.82) is 0 Å². The lowest BCUT2D eigenvalue weighted by Gasteiger charge is -2.26. The summed E-state index contributed by atoms with van der Waals surface area (Å²) in [5.41, 5.74) is -0.117. The van der Waals surface area contributed by atoms with Crippen LogP contribution in [0.25, 0.3) is 0 Å². The fourth-order valence-corrected chi connectivity index (χ4v) is 2.95. The summed E-state index contributed by atoms with van der Waals surface area (Å²) in [6, 6.07) is 2.82. The number of terminal acetylenes is 1. The Morgan fingerprint density at radius 1 is 1.39 bits per heavy atom. The topological polar surface area (TPSA) is 60.3 Å². The minimum Gasteiger partial charge on any atom is -0.444 e. The van der Waals surface area contributed by atoms with Crippen LogP contribution in [0, 0.1) is 18.3 Å². The minimum atomic E-state index is -0.619. The van der Waals surface area contributed by atoms with Crippen LogP contribution in [0.2, 0.25) is 0 Å². The second-order valence-electron chi connectivity index (χ2n) is 6.91. The van der Waals surface area contributed by atoms with Crippen molar-refractivity contribution in [1.82, 2.24) is 9.88 Å². The highest BCUT2D eigenvalue weighted by molar-refractivity contribution is 5.89. The van der Waals surface area contributed by atoms with Gasteiger partial charge in [-0.15, -0.1) is 6.42 Å². The minimum absolute atomic E-state index is 0.114. The van der Waals surface area contributed by atoms with Crippen LogP contribution in [0.1, 0.15) is 56.9 Å². The van der Waals surface area contributed by atoms with Crippen molar-refractivity contribution < 1.29 is 14.3 Å². The van der Waals surface area contributed by atoms with Gasteiger partial charge in [0.2, 0.25) is 0 Å². The molecule has 1 aromatic heterocycles. The number of amides is 1. The van der Waals surface area contributed by atoms with E-state index in [1.165, 1.54) is 4.57 Å². The Morgan fingerprint density at radius 3 is 2.61 bits per heavy atom. The number of hydrogen-bond donors (Lipinski definition) is 1. The summed E-state index contributed by atoms with van der Waals surface area (Å²) in [6.45, 7) is 5.38. The van der Waals surface area contributed by atoms with Gasteiger partial charge in [0.05, 0.1) is 5.69 Å². The highest BCUT2D eigenvalue weighted by atomic mass is 16.6. The average molecular weight is 316 g/mol. The number of hydrogen-bond acceptors (Lipinski definition) is 3. The number of carbonyl (C=O) groups excluding carboxylic acids is 2. The Balaban J connectivity index is 2.19. The van der Waals surface area contributed by atoms with E-state index in [1.807, 2.05) is 0 Å².